The fourth-order valence-electron chi connectivity index (χ4n) is 2.31. The van der Waals surface area contributed by atoms with Gasteiger partial charge in [-0.25, -0.2) is 0 Å². The molecule has 2 unspecified atom stereocenters. The Kier molecular flexibility index (Phi) is 6.22. The third-order valence-corrected chi connectivity index (χ3v) is 3.26. The Hall–Kier alpha value is -0.120. The van der Waals surface area contributed by atoms with Crippen molar-refractivity contribution in [1.82, 2.24) is 10.2 Å². The molecule has 3 nitrogen and oxygen atoms in total. The molecule has 1 saturated heterocycles. The highest BCUT2D eigenvalue weighted by molar-refractivity contribution is 4.77. The van der Waals surface area contributed by atoms with Crippen molar-refractivity contribution >= 4 is 0 Å². The van der Waals surface area contributed by atoms with Crippen LogP contribution in [-0.4, -0.2) is 50.3 Å². The van der Waals surface area contributed by atoms with E-state index in [1.807, 2.05) is 7.11 Å². The van der Waals surface area contributed by atoms with Crippen LogP contribution < -0.4 is 5.32 Å². The molecule has 0 aromatic rings. The first kappa shape index (κ1) is 12.9. The molecule has 15 heavy (non-hydrogen) atoms. The Morgan fingerprint density at radius 1 is 1.47 bits per heavy atom. The second-order valence-electron chi connectivity index (χ2n) is 4.42. The maximum Gasteiger partial charge on any atom is 0.0698 e. The molecule has 90 valence electrons. The molecule has 1 aliphatic rings. The molecule has 1 aliphatic heterocycles. The number of likely N-dealkylation sites (tertiary alicyclic amines) is 1. The van der Waals surface area contributed by atoms with Crippen LogP contribution in [-0.2, 0) is 4.74 Å². The van der Waals surface area contributed by atoms with E-state index in [2.05, 4.69) is 24.1 Å². The van der Waals surface area contributed by atoms with Crippen LogP contribution in [0.1, 0.15) is 33.1 Å². The van der Waals surface area contributed by atoms with Crippen LogP contribution in [0.5, 0.6) is 0 Å². The molecule has 1 fully saturated rings. The van der Waals surface area contributed by atoms with Crippen molar-refractivity contribution in [3.63, 3.8) is 0 Å². The standard InChI is InChI=1S/C12H26N2O/c1-4-11(13-5-2)9-14-8-6-7-12(10-14)15-3/h11-13H,4-10H2,1-3H3. The molecule has 1 rings (SSSR count). The first-order valence-electron chi connectivity index (χ1n) is 6.28. The Morgan fingerprint density at radius 3 is 2.87 bits per heavy atom. The summed E-state index contributed by atoms with van der Waals surface area (Å²) in [6, 6.07) is 0.644. The number of rotatable bonds is 6. The van der Waals surface area contributed by atoms with Crippen molar-refractivity contribution in [3.8, 4) is 0 Å². The van der Waals surface area contributed by atoms with Gasteiger partial charge >= 0.3 is 0 Å². The minimum Gasteiger partial charge on any atom is -0.380 e. The summed E-state index contributed by atoms with van der Waals surface area (Å²) in [7, 11) is 1.83. The van der Waals surface area contributed by atoms with Gasteiger partial charge in [0.25, 0.3) is 0 Å². The van der Waals surface area contributed by atoms with E-state index in [-0.39, 0.29) is 0 Å². The van der Waals surface area contributed by atoms with E-state index < -0.39 is 0 Å². The van der Waals surface area contributed by atoms with E-state index in [9.17, 15) is 0 Å². The van der Waals surface area contributed by atoms with Gasteiger partial charge in [-0.2, -0.15) is 0 Å². The van der Waals surface area contributed by atoms with E-state index in [4.69, 9.17) is 4.74 Å². The van der Waals surface area contributed by atoms with Crippen LogP contribution in [0.2, 0.25) is 0 Å². The van der Waals surface area contributed by atoms with Crippen molar-refractivity contribution in [1.29, 1.82) is 0 Å². The third kappa shape index (κ3) is 4.49. The van der Waals surface area contributed by atoms with Gasteiger partial charge in [0.2, 0.25) is 0 Å². The maximum atomic E-state index is 5.43. The van der Waals surface area contributed by atoms with Crippen LogP contribution in [0.25, 0.3) is 0 Å². The van der Waals surface area contributed by atoms with Gasteiger partial charge in [-0.15, -0.1) is 0 Å². The first-order valence-corrected chi connectivity index (χ1v) is 6.28. The minimum absolute atomic E-state index is 0.456. The quantitative estimate of drug-likeness (QED) is 0.725. The number of methoxy groups -OCH3 is 1. The topological polar surface area (TPSA) is 24.5 Å². The lowest BCUT2D eigenvalue weighted by atomic mass is 10.1. The largest absolute Gasteiger partial charge is 0.380 e. The summed E-state index contributed by atoms with van der Waals surface area (Å²) in [5.41, 5.74) is 0. The minimum atomic E-state index is 0.456. The fraction of sp³-hybridized carbons (Fsp3) is 1.00. The number of piperidine rings is 1. The van der Waals surface area contributed by atoms with Crippen molar-refractivity contribution in [2.24, 2.45) is 0 Å². The Balaban J connectivity index is 2.29. The molecule has 0 aromatic carbocycles. The zero-order chi connectivity index (χ0) is 11.1. The lowest BCUT2D eigenvalue weighted by Gasteiger charge is -2.34. The Morgan fingerprint density at radius 2 is 2.27 bits per heavy atom. The van der Waals surface area contributed by atoms with Crippen LogP contribution in [0.4, 0.5) is 0 Å². The zero-order valence-electron chi connectivity index (χ0n) is 10.5. The molecular weight excluding hydrogens is 188 g/mol. The molecular formula is C12H26N2O. The SMILES string of the molecule is CCNC(CC)CN1CCCC(OC)C1. The van der Waals surface area contributed by atoms with Gasteiger partial charge in [0.15, 0.2) is 0 Å². The van der Waals surface area contributed by atoms with Gasteiger partial charge in [-0.05, 0) is 32.4 Å². The number of nitrogens with zero attached hydrogens (tertiary/aromatic N) is 1. The van der Waals surface area contributed by atoms with Crippen LogP contribution in [0.3, 0.4) is 0 Å². The number of ether oxygens (including phenoxy) is 1. The normalized spacial score (nSPS) is 25.4. The van der Waals surface area contributed by atoms with Gasteiger partial charge in [-0.1, -0.05) is 13.8 Å². The van der Waals surface area contributed by atoms with E-state index in [0.717, 1.165) is 13.1 Å². The summed E-state index contributed by atoms with van der Waals surface area (Å²) in [5.74, 6) is 0. The van der Waals surface area contributed by atoms with Gasteiger partial charge in [-0.3, -0.25) is 4.90 Å². The summed E-state index contributed by atoms with van der Waals surface area (Å²) in [4.78, 5) is 2.54. The van der Waals surface area contributed by atoms with E-state index >= 15 is 0 Å². The number of hydrogen-bond donors (Lipinski definition) is 1. The van der Waals surface area contributed by atoms with E-state index in [1.54, 1.807) is 0 Å². The molecule has 0 spiro atoms. The molecule has 1 N–H and O–H groups in total. The first-order chi connectivity index (χ1) is 7.30. The van der Waals surface area contributed by atoms with E-state index in [0.29, 0.717) is 12.1 Å². The van der Waals surface area contributed by atoms with Crippen molar-refractivity contribution in [2.75, 3.05) is 33.3 Å². The maximum absolute atomic E-state index is 5.43. The molecule has 0 saturated carbocycles. The fourth-order valence-corrected chi connectivity index (χ4v) is 2.31. The van der Waals surface area contributed by atoms with Crippen molar-refractivity contribution in [3.05, 3.63) is 0 Å². The zero-order valence-corrected chi connectivity index (χ0v) is 10.5. The lowest BCUT2D eigenvalue weighted by molar-refractivity contribution is 0.0280. The number of likely N-dealkylation sites (N-methyl/N-ethyl adjacent to an activating group) is 1. The lowest BCUT2D eigenvalue weighted by Crippen LogP contribution is -2.46. The average molecular weight is 214 g/mol. The average Bonchev–Trinajstić information content (AvgIpc) is 2.29. The van der Waals surface area contributed by atoms with Gasteiger partial charge in [0, 0.05) is 26.2 Å². The summed E-state index contributed by atoms with van der Waals surface area (Å²) in [6.45, 7) is 9.02. The highest BCUT2D eigenvalue weighted by Gasteiger charge is 2.20. The van der Waals surface area contributed by atoms with Gasteiger partial charge in [0.1, 0.15) is 0 Å². The van der Waals surface area contributed by atoms with Gasteiger partial charge in [0.05, 0.1) is 6.10 Å². The molecule has 0 aliphatic carbocycles. The highest BCUT2D eigenvalue weighted by atomic mass is 16.5. The predicted octanol–water partition coefficient (Wildman–Crippen LogP) is 1.49. The van der Waals surface area contributed by atoms with Gasteiger partial charge < -0.3 is 10.1 Å². The summed E-state index contributed by atoms with van der Waals surface area (Å²) >= 11 is 0. The Labute approximate surface area is 94.2 Å². The van der Waals surface area contributed by atoms with E-state index in [1.165, 1.54) is 32.4 Å². The highest BCUT2D eigenvalue weighted by Crippen LogP contribution is 2.13. The molecule has 1 heterocycles. The predicted molar refractivity (Wildman–Crippen MR) is 64.2 cm³/mol. The summed E-state index contributed by atoms with van der Waals surface area (Å²) in [6.07, 6.45) is 4.17. The molecule has 3 heteroatoms. The monoisotopic (exact) mass is 214 g/mol. The third-order valence-electron chi connectivity index (χ3n) is 3.26. The molecule has 2 atom stereocenters. The molecule has 0 aromatic heterocycles. The Bertz CT molecular complexity index is 164. The van der Waals surface area contributed by atoms with Crippen LogP contribution in [0, 0.1) is 0 Å². The molecule has 0 amide bonds. The second kappa shape index (κ2) is 7.20. The number of nitrogens with one attached hydrogen (secondary N) is 1. The molecule has 0 radical (unpaired) electrons. The summed E-state index contributed by atoms with van der Waals surface area (Å²) < 4.78 is 5.43. The van der Waals surface area contributed by atoms with Crippen LogP contribution in [0.15, 0.2) is 0 Å². The van der Waals surface area contributed by atoms with Crippen molar-refractivity contribution < 1.29 is 4.74 Å². The van der Waals surface area contributed by atoms with Crippen molar-refractivity contribution in [2.45, 2.75) is 45.3 Å². The second-order valence-corrected chi connectivity index (χ2v) is 4.42. The number of hydrogen-bond acceptors (Lipinski definition) is 3. The smallest absolute Gasteiger partial charge is 0.0698 e. The van der Waals surface area contributed by atoms with Crippen LogP contribution >= 0.6 is 0 Å². The molecule has 0 bridgehead atoms. The summed E-state index contributed by atoms with van der Waals surface area (Å²) in [5, 5.41) is 3.53.